The maximum absolute atomic E-state index is 10.9. The van der Waals surface area contributed by atoms with Gasteiger partial charge in [0.15, 0.2) is 0 Å². The van der Waals surface area contributed by atoms with Crippen LogP contribution in [0.2, 0.25) is 0 Å². The first-order chi connectivity index (χ1) is 5.12. The van der Waals surface area contributed by atoms with Crippen molar-refractivity contribution in [2.75, 3.05) is 24.8 Å². The second-order valence-corrected chi connectivity index (χ2v) is 4.31. The fourth-order valence-electron chi connectivity index (χ4n) is 0.444. The number of rotatable bonds is 6. The van der Waals surface area contributed by atoms with E-state index >= 15 is 0 Å². The number of alkyl halides is 2. The molecular formula is C6H19Cl2N2O2P. The lowest BCUT2D eigenvalue weighted by Crippen LogP contribution is -2.24. The van der Waals surface area contributed by atoms with E-state index in [1.165, 1.54) is 0 Å². The van der Waals surface area contributed by atoms with E-state index in [9.17, 15) is 4.57 Å². The minimum absolute atomic E-state index is 0. The quantitative estimate of drug-likeness (QED) is 0.500. The minimum Gasteiger partial charge on any atom is -0.322 e. The second-order valence-electron chi connectivity index (χ2n) is 1.77. The van der Waals surface area contributed by atoms with E-state index in [0.29, 0.717) is 24.8 Å². The van der Waals surface area contributed by atoms with Gasteiger partial charge < -0.3 is 4.89 Å². The van der Waals surface area contributed by atoms with Crippen LogP contribution >= 0.6 is 30.9 Å². The predicted octanol–water partition coefficient (Wildman–Crippen LogP) is 2.02. The lowest BCUT2D eigenvalue weighted by molar-refractivity contribution is 0.451. The van der Waals surface area contributed by atoms with Crippen molar-refractivity contribution < 1.29 is 9.46 Å². The first-order valence-electron chi connectivity index (χ1n) is 3.07. The lowest BCUT2D eigenvalue weighted by atomic mass is 10.8. The summed E-state index contributed by atoms with van der Waals surface area (Å²) in [4.78, 5) is 8.99. The molecule has 0 aliphatic heterocycles. The molecule has 0 aromatic heterocycles. The average molecular weight is 253 g/mol. The summed E-state index contributed by atoms with van der Waals surface area (Å²) in [6.45, 7) is 0.592. The van der Waals surface area contributed by atoms with Gasteiger partial charge in [-0.05, 0) is 0 Å². The molecule has 13 heavy (non-hydrogen) atoms. The molecule has 4 nitrogen and oxygen atoms in total. The molecule has 0 saturated heterocycles. The molecule has 0 aliphatic carbocycles. The zero-order valence-electron chi connectivity index (χ0n) is 5.89. The molecule has 0 aromatic carbocycles. The van der Waals surface area contributed by atoms with E-state index in [1.807, 2.05) is 0 Å². The van der Waals surface area contributed by atoms with Crippen LogP contribution in [0.3, 0.4) is 0 Å². The van der Waals surface area contributed by atoms with E-state index in [4.69, 9.17) is 28.1 Å². The average Bonchev–Trinajstić information content (AvgIpc) is 1.97. The monoisotopic (exact) mass is 252 g/mol. The van der Waals surface area contributed by atoms with Crippen LogP contribution in [0.15, 0.2) is 0 Å². The van der Waals surface area contributed by atoms with Gasteiger partial charge >= 0.3 is 7.67 Å². The number of hydrogen-bond acceptors (Lipinski definition) is 1. The zero-order chi connectivity index (χ0) is 8.74. The van der Waals surface area contributed by atoms with Crippen LogP contribution in [-0.4, -0.2) is 29.7 Å². The highest BCUT2D eigenvalue weighted by Crippen LogP contribution is 2.28. The number of hydrogen-bond donors (Lipinski definition) is 3. The maximum atomic E-state index is 10.9. The third kappa shape index (κ3) is 12.7. The molecule has 0 heterocycles. The highest BCUT2D eigenvalue weighted by Gasteiger charge is 2.14. The van der Waals surface area contributed by atoms with Gasteiger partial charge in [0.2, 0.25) is 0 Å². The van der Waals surface area contributed by atoms with Gasteiger partial charge in [0, 0.05) is 24.8 Å². The summed E-state index contributed by atoms with van der Waals surface area (Å²) in [5, 5.41) is 4.71. The Morgan fingerprint density at radius 3 is 1.62 bits per heavy atom. The van der Waals surface area contributed by atoms with Crippen molar-refractivity contribution in [1.29, 1.82) is 0 Å². The molecule has 7 heteroatoms. The molecular weight excluding hydrogens is 234 g/mol. The summed E-state index contributed by atoms with van der Waals surface area (Å²) >= 11 is 10.6. The molecule has 3 N–H and O–H groups in total. The Morgan fingerprint density at radius 2 is 1.38 bits per heavy atom. The lowest BCUT2D eigenvalue weighted by Gasteiger charge is -2.11. The molecule has 0 fully saturated rings. The Hall–Kier alpha value is 0.690. The van der Waals surface area contributed by atoms with Crippen LogP contribution in [0.4, 0.5) is 0 Å². The smallest absolute Gasteiger partial charge is 0.322 e. The van der Waals surface area contributed by atoms with Crippen molar-refractivity contribution in [2.24, 2.45) is 0 Å². The van der Waals surface area contributed by atoms with Crippen molar-refractivity contribution in [3.63, 3.8) is 0 Å². The van der Waals surface area contributed by atoms with Gasteiger partial charge in [-0.3, -0.25) is 4.57 Å². The summed E-state index contributed by atoms with van der Waals surface area (Å²) < 4.78 is 10.9. The van der Waals surface area contributed by atoms with Crippen molar-refractivity contribution >= 4 is 30.9 Å². The molecule has 0 spiro atoms. The molecule has 0 aliphatic rings. The Bertz CT molecular complexity index is 137. The summed E-state index contributed by atoms with van der Waals surface area (Å²) in [6.07, 6.45) is 0. The molecule has 0 radical (unpaired) electrons. The van der Waals surface area contributed by atoms with Crippen LogP contribution in [0.25, 0.3) is 0 Å². The zero-order valence-corrected chi connectivity index (χ0v) is 8.29. The fraction of sp³-hybridized carbons (Fsp3) is 1.00. The van der Waals surface area contributed by atoms with Gasteiger partial charge in [-0.1, -0.05) is 14.9 Å². The molecule has 0 bridgehead atoms. The van der Waals surface area contributed by atoms with Crippen LogP contribution in [0, 0.1) is 0 Å². The summed E-state index contributed by atoms with van der Waals surface area (Å²) in [6, 6.07) is 0. The predicted molar refractivity (Wildman–Crippen MR) is 60.7 cm³/mol. The second kappa shape index (κ2) is 10.8. The van der Waals surface area contributed by atoms with E-state index in [-0.39, 0.29) is 14.9 Å². The maximum Gasteiger partial charge on any atom is 0.338 e. The molecule has 0 saturated carbocycles. The van der Waals surface area contributed by atoms with Gasteiger partial charge in [0.05, 0.1) is 0 Å². The Labute approximate surface area is 90.6 Å². The van der Waals surface area contributed by atoms with Crippen molar-refractivity contribution in [3.05, 3.63) is 0 Å². The first kappa shape index (κ1) is 19.3. The Morgan fingerprint density at radius 1 is 1.08 bits per heavy atom. The van der Waals surface area contributed by atoms with Crippen LogP contribution < -0.4 is 10.2 Å². The fourth-order valence-corrected chi connectivity index (χ4v) is 1.84. The van der Waals surface area contributed by atoms with Gasteiger partial charge in [0.25, 0.3) is 0 Å². The Balaban J connectivity index is -0.000000500. The molecule has 0 unspecified atom stereocenters. The SMILES string of the molecule is C.C.O=P(O)(NCCCl)NCCCl. The minimum atomic E-state index is -3.39. The summed E-state index contributed by atoms with van der Waals surface area (Å²) in [7, 11) is -3.39. The van der Waals surface area contributed by atoms with Crippen LogP contribution in [0.5, 0.6) is 0 Å². The van der Waals surface area contributed by atoms with E-state index in [1.54, 1.807) is 0 Å². The largest absolute Gasteiger partial charge is 0.338 e. The van der Waals surface area contributed by atoms with Crippen LogP contribution in [0.1, 0.15) is 14.9 Å². The highest BCUT2D eigenvalue weighted by atomic mass is 35.5. The Kier molecular flexibility index (Phi) is 16.0. The molecule has 0 amide bonds. The van der Waals surface area contributed by atoms with E-state index in [2.05, 4.69) is 10.2 Å². The summed E-state index contributed by atoms with van der Waals surface area (Å²) in [5.41, 5.74) is 0. The van der Waals surface area contributed by atoms with Crippen molar-refractivity contribution in [3.8, 4) is 0 Å². The van der Waals surface area contributed by atoms with Gasteiger partial charge in [-0.25, -0.2) is 10.2 Å². The number of halogens is 2. The normalized spacial score (nSPS) is 10.1. The molecule has 84 valence electrons. The van der Waals surface area contributed by atoms with Crippen molar-refractivity contribution in [1.82, 2.24) is 10.2 Å². The first-order valence-corrected chi connectivity index (χ1v) is 5.80. The third-order valence-corrected chi connectivity index (χ3v) is 2.52. The van der Waals surface area contributed by atoms with E-state index in [0.717, 1.165) is 0 Å². The standard InChI is InChI=1S/C4H11Cl2N2O2P.2CH4/c5-1-3-7-11(9,10)8-4-2-6;;/h1-4H2,(H3,7,8,9,10);2*1H4. The van der Waals surface area contributed by atoms with E-state index < -0.39 is 7.67 Å². The molecule has 0 atom stereocenters. The topological polar surface area (TPSA) is 61.4 Å². The van der Waals surface area contributed by atoms with Crippen LogP contribution in [-0.2, 0) is 4.57 Å². The van der Waals surface area contributed by atoms with Crippen molar-refractivity contribution in [2.45, 2.75) is 14.9 Å². The summed E-state index contributed by atoms with van der Waals surface area (Å²) in [5.74, 6) is 0.597. The number of nitrogens with one attached hydrogen (secondary N) is 2. The molecule has 0 aromatic rings. The highest BCUT2D eigenvalue weighted by molar-refractivity contribution is 7.53. The van der Waals surface area contributed by atoms with Gasteiger partial charge in [0.1, 0.15) is 0 Å². The third-order valence-electron chi connectivity index (χ3n) is 0.841. The molecule has 0 rings (SSSR count). The van der Waals surface area contributed by atoms with Gasteiger partial charge in [-0.2, -0.15) is 0 Å². The van der Waals surface area contributed by atoms with Gasteiger partial charge in [-0.15, -0.1) is 23.2 Å².